The van der Waals surface area contributed by atoms with Gasteiger partial charge in [-0.25, -0.2) is 0 Å². The van der Waals surface area contributed by atoms with E-state index in [4.69, 9.17) is 4.74 Å². The van der Waals surface area contributed by atoms with Crippen LogP contribution in [0.1, 0.15) is 24.8 Å². The topological polar surface area (TPSA) is 69.7 Å². The highest BCUT2D eigenvalue weighted by Crippen LogP contribution is 2.04. The standard InChI is InChI=1S/C13H18O5S/c1-19(15,16)18-10-6-5-9-13(14)17-11-12-7-3-2-4-8-12/h2-4,7-8H,5-6,9-11H2,1H3. The number of benzene rings is 1. The summed E-state index contributed by atoms with van der Waals surface area (Å²) in [5.41, 5.74) is 0.941. The number of carbonyl (C=O) groups is 1. The number of esters is 1. The van der Waals surface area contributed by atoms with Crippen molar-refractivity contribution in [3.8, 4) is 0 Å². The predicted octanol–water partition coefficient (Wildman–Crippen LogP) is 1.88. The van der Waals surface area contributed by atoms with Gasteiger partial charge in [0.2, 0.25) is 0 Å². The van der Waals surface area contributed by atoms with Gasteiger partial charge in [0.1, 0.15) is 6.61 Å². The highest BCUT2D eigenvalue weighted by atomic mass is 32.2. The van der Waals surface area contributed by atoms with E-state index in [1.807, 2.05) is 30.3 Å². The molecule has 0 aliphatic rings. The Kier molecular flexibility index (Phi) is 6.52. The van der Waals surface area contributed by atoms with E-state index in [1.165, 1.54) is 0 Å². The molecule has 0 N–H and O–H groups in total. The van der Waals surface area contributed by atoms with Crippen molar-refractivity contribution in [2.45, 2.75) is 25.9 Å². The van der Waals surface area contributed by atoms with Gasteiger partial charge < -0.3 is 4.74 Å². The molecule has 1 rings (SSSR count). The first-order chi connectivity index (χ1) is 8.97. The fourth-order valence-electron chi connectivity index (χ4n) is 1.39. The van der Waals surface area contributed by atoms with Crippen LogP contribution in [0.15, 0.2) is 30.3 Å². The first-order valence-electron chi connectivity index (χ1n) is 6.01. The van der Waals surface area contributed by atoms with Crippen molar-refractivity contribution >= 4 is 16.1 Å². The summed E-state index contributed by atoms with van der Waals surface area (Å²) in [6, 6.07) is 9.42. The Bertz CT molecular complexity index is 481. The molecule has 0 atom stereocenters. The molecule has 0 saturated heterocycles. The molecule has 0 radical (unpaired) electrons. The molecule has 0 amide bonds. The number of carbonyl (C=O) groups excluding carboxylic acids is 1. The minimum absolute atomic E-state index is 0.102. The summed E-state index contributed by atoms with van der Waals surface area (Å²) in [5, 5.41) is 0. The molecule has 106 valence electrons. The molecule has 6 heteroatoms. The maximum absolute atomic E-state index is 11.4. The molecule has 0 aromatic heterocycles. The number of hydrogen-bond donors (Lipinski definition) is 0. The average Bonchev–Trinajstić information content (AvgIpc) is 2.36. The van der Waals surface area contributed by atoms with Crippen LogP contribution in [0.4, 0.5) is 0 Å². The minimum Gasteiger partial charge on any atom is -0.461 e. The van der Waals surface area contributed by atoms with E-state index in [-0.39, 0.29) is 25.6 Å². The Balaban J connectivity index is 2.09. The Morgan fingerprint density at radius 1 is 1.16 bits per heavy atom. The van der Waals surface area contributed by atoms with Crippen LogP contribution in [0.5, 0.6) is 0 Å². The van der Waals surface area contributed by atoms with Crippen molar-refractivity contribution in [2.24, 2.45) is 0 Å². The van der Waals surface area contributed by atoms with Gasteiger partial charge in [-0.05, 0) is 18.4 Å². The molecule has 0 fully saturated rings. The predicted molar refractivity (Wildman–Crippen MR) is 70.9 cm³/mol. The molecule has 0 heterocycles. The van der Waals surface area contributed by atoms with Crippen LogP contribution >= 0.6 is 0 Å². The molecule has 0 aliphatic carbocycles. The maximum atomic E-state index is 11.4. The quantitative estimate of drug-likeness (QED) is 0.414. The third-order valence-corrected chi connectivity index (χ3v) is 2.91. The Morgan fingerprint density at radius 3 is 2.47 bits per heavy atom. The third kappa shape index (κ3) is 8.34. The van der Waals surface area contributed by atoms with E-state index in [2.05, 4.69) is 4.18 Å². The number of unbranched alkanes of at least 4 members (excludes halogenated alkanes) is 1. The average molecular weight is 286 g/mol. The van der Waals surface area contributed by atoms with Crippen LogP contribution in [0.3, 0.4) is 0 Å². The number of ether oxygens (including phenoxy) is 1. The van der Waals surface area contributed by atoms with E-state index >= 15 is 0 Å². The summed E-state index contributed by atoms with van der Waals surface area (Å²) in [5.74, 6) is -0.289. The highest BCUT2D eigenvalue weighted by Gasteiger charge is 2.05. The molecule has 19 heavy (non-hydrogen) atoms. The monoisotopic (exact) mass is 286 g/mol. The van der Waals surface area contributed by atoms with Crippen molar-refractivity contribution in [1.29, 1.82) is 0 Å². The summed E-state index contributed by atoms with van der Waals surface area (Å²) >= 11 is 0. The summed E-state index contributed by atoms with van der Waals surface area (Å²) in [4.78, 5) is 11.4. The Morgan fingerprint density at radius 2 is 1.84 bits per heavy atom. The molecule has 1 aromatic rings. The van der Waals surface area contributed by atoms with E-state index in [9.17, 15) is 13.2 Å². The molecule has 0 aliphatic heterocycles. The molecular weight excluding hydrogens is 268 g/mol. The largest absolute Gasteiger partial charge is 0.461 e. The van der Waals surface area contributed by atoms with Crippen molar-refractivity contribution in [1.82, 2.24) is 0 Å². The lowest BCUT2D eigenvalue weighted by Crippen LogP contribution is -2.07. The van der Waals surface area contributed by atoms with E-state index < -0.39 is 10.1 Å². The zero-order valence-electron chi connectivity index (χ0n) is 10.9. The van der Waals surface area contributed by atoms with Gasteiger partial charge in [0.25, 0.3) is 10.1 Å². The van der Waals surface area contributed by atoms with Crippen LogP contribution in [0.2, 0.25) is 0 Å². The third-order valence-electron chi connectivity index (χ3n) is 2.32. The SMILES string of the molecule is CS(=O)(=O)OCCCCC(=O)OCc1ccccc1. The molecule has 0 spiro atoms. The van der Waals surface area contributed by atoms with Gasteiger partial charge in [-0.2, -0.15) is 8.42 Å². The molecule has 0 unspecified atom stereocenters. The van der Waals surface area contributed by atoms with Crippen LogP contribution in [0.25, 0.3) is 0 Å². The molecule has 0 saturated carbocycles. The summed E-state index contributed by atoms with van der Waals surface area (Å²) in [6.07, 6.45) is 2.32. The molecule has 0 bridgehead atoms. The van der Waals surface area contributed by atoms with Crippen molar-refractivity contribution in [3.63, 3.8) is 0 Å². The molecular formula is C13H18O5S. The summed E-state index contributed by atoms with van der Waals surface area (Å²) in [6.45, 7) is 0.365. The van der Waals surface area contributed by atoms with E-state index in [0.29, 0.717) is 12.8 Å². The lowest BCUT2D eigenvalue weighted by Gasteiger charge is -2.05. The van der Waals surface area contributed by atoms with Gasteiger partial charge in [-0.1, -0.05) is 30.3 Å². The first kappa shape index (κ1) is 15.7. The molecule has 5 nitrogen and oxygen atoms in total. The Hall–Kier alpha value is -1.40. The van der Waals surface area contributed by atoms with Gasteiger partial charge in [0.15, 0.2) is 0 Å². The zero-order chi connectivity index (χ0) is 14.1. The van der Waals surface area contributed by atoms with E-state index in [0.717, 1.165) is 11.8 Å². The smallest absolute Gasteiger partial charge is 0.306 e. The van der Waals surface area contributed by atoms with Crippen molar-refractivity contribution < 1.29 is 22.1 Å². The van der Waals surface area contributed by atoms with Gasteiger partial charge in [-0.15, -0.1) is 0 Å². The fourth-order valence-corrected chi connectivity index (χ4v) is 1.81. The Labute approximate surface area is 113 Å². The lowest BCUT2D eigenvalue weighted by atomic mass is 10.2. The number of rotatable bonds is 8. The second-order valence-electron chi connectivity index (χ2n) is 4.13. The van der Waals surface area contributed by atoms with Crippen LogP contribution in [0, 0.1) is 0 Å². The van der Waals surface area contributed by atoms with Crippen LogP contribution in [-0.4, -0.2) is 27.2 Å². The summed E-state index contributed by atoms with van der Waals surface area (Å²) in [7, 11) is -3.39. The van der Waals surface area contributed by atoms with Crippen molar-refractivity contribution in [3.05, 3.63) is 35.9 Å². The normalized spacial score (nSPS) is 11.2. The van der Waals surface area contributed by atoms with E-state index in [1.54, 1.807) is 0 Å². The summed E-state index contributed by atoms with van der Waals surface area (Å²) < 4.78 is 31.0. The first-order valence-corrected chi connectivity index (χ1v) is 7.83. The van der Waals surface area contributed by atoms with Gasteiger partial charge in [0.05, 0.1) is 12.9 Å². The fraction of sp³-hybridized carbons (Fsp3) is 0.462. The van der Waals surface area contributed by atoms with Gasteiger partial charge in [-0.3, -0.25) is 8.98 Å². The van der Waals surface area contributed by atoms with Crippen LogP contribution < -0.4 is 0 Å². The second-order valence-corrected chi connectivity index (χ2v) is 5.77. The lowest BCUT2D eigenvalue weighted by molar-refractivity contribution is -0.145. The van der Waals surface area contributed by atoms with Gasteiger partial charge >= 0.3 is 5.97 Å². The second kappa shape index (κ2) is 7.91. The van der Waals surface area contributed by atoms with Crippen molar-refractivity contribution in [2.75, 3.05) is 12.9 Å². The number of hydrogen-bond acceptors (Lipinski definition) is 5. The molecule has 1 aromatic carbocycles. The van der Waals surface area contributed by atoms with Crippen LogP contribution in [-0.2, 0) is 30.4 Å². The maximum Gasteiger partial charge on any atom is 0.306 e. The zero-order valence-corrected chi connectivity index (χ0v) is 11.7. The van der Waals surface area contributed by atoms with Gasteiger partial charge in [0, 0.05) is 6.42 Å². The highest BCUT2D eigenvalue weighted by molar-refractivity contribution is 7.85. The minimum atomic E-state index is -3.39.